The minimum Gasteiger partial charge on any atom is -0.395 e. The first-order valence-electron chi connectivity index (χ1n) is 19.4. The van der Waals surface area contributed by atoms with E-state index in [2.05, 4.69) is 13.2 Å². The molecular formula is C47H53BO10P2. The van der Waals surface area contributed by atoms with Gasteiger partial charge in [0.25, 0.3) is 0 Å². The number of para-hydroxylation sites is 2. The predicted octanol–water partition coefficient (Wildman–Crippen LogP) is 12.4. The van der Waals surface area contributed by atoms with Crippen molar-refractivity contribution in [2.24, 2.45) is 0 Å². The van der Waals surface area contributed by atoms with E-state index >= 15 is 0 Å². The molecule has 314 valence electrons. The molecule has 0 amide bonds. The van der Waals surface area contributed by atoms with Crippen LogP contribution in [0.4, 0.5) is 0 Å². The second-order valence-electron chi connectivity index (χ2n) is 13.7. The van der Waals surface area contributed by atoms with Crippen molar-refractivity contribution in [3.8, 4) is 17.2 Å². The van der Waals surface area contributed by atoms with Crippen LogP contribution >= 0.6 is 15.6 Å². The van der Waals surface area contributed by atoms with Crippen LogP contribution in [-0.2, 0) is 34.1 Å². The molecule has 4 rings (SSSR count). The molecule has 0 aliphatic carbocycles. The molecule has 3 unspecified atom stereocenters. The second-order valence-corrected chi connectivity index (χ2v) is 16.5. The molecular weight excluding hydrogens is 797 g/mol. The van der Waals surface area contributed by atoms with Crippen molar-refractivity contribution in [2.75, 3.05) is 0 Å². The Morgan fingerprint density at radius 3 is 1.65 bits per heavy atom. The average Bonchev–Trinajstić information content (AvgIpc) is 3.25. The van der Waals surface area contributed by atoms with Crippen LogP contribution in [0.1, 0.15) is 58.6 Å². The lowest BCUT2D eigenvalue weighted by Gasteiger charge is -2.35. The molecule has 4 aromatic carbocycles. The summed E-state index contributed by atoms with van der Waals surface area (Å²) in [7, 11) is -2.67. The van der Waals surface area contributed by atoms with Crippen LogP contribution in [0.15, 0.2) is 188 Å². The molecule has 13 heteroatoms. The third-order valence-electron chi connectivity index (χ3n) is 9.57. The Labute approximate surface area is 355 Å². The highest BCUT2D eigenvalue weighted by molar-refractivity contribution is 7.49. The number of benzene rings is 4. The summed E-state index contributed by atoms with van der Waals surface area (Å²) < 4.78 is 65.0. The molecule has 2 N–H and O–H groups in total. The minimum absolute atomic E-state index is 0.0474. The molecule has 0 aliphatic rings. The Kier molecular flexibility index (Phi) is 17.0. The van der Waals surface area contributed by atoms with E-state index in [1.54, 1.807) is 124 Å². The zero-order valence-electron chi connectivity index (χ0n) is 34.7. The van der Waals surface area contributed by atoms with Crippen molar-refractivity contribution < 1.29 is 46.5 Å². The first kappa shape index (κ1) is 47.6. The predicted molar refractivity (Wildman–Crippen MR) is 239 cm³/mol. The largest absolute Gasteiger partial charge is 0.588 e. The normalized spacial score (nSPS) is 15.7. The fourth-order valence-electron chi connectivity index (χ4n) is 5.96. The van der Waals surface area contributed by atoms with Gasteiger partial charge in [0.05, 0.1) is 13.4 Å². The van der Waals surface area contributed by atoms with E-state index in [1.807, 2.05) is 32.0 Å². The number of rotatable bonds is 23. The monoisotopic (exact) mass is 850 g/mol. The Balaban J connectivity index is 1.60. The summed E-state index contributed by atoms with van der Waals surface area (Å²) in [5.41, 5.74) is -1.37. The molecule has 0 aliphatic heterocycles. The van der Waals surface area contributed by atoms with E-state index in [9.17, 15) is 19.3 Å². The van der Waals surface area contributed by atoms with E-state index in [4.69, 9.17) is 35.0 Å². The van der Waals surface area contributed by atoms with Crippen LogP contribution in [-0.4, -0.2) is 23.7 Å². The molecule has 0 fully saturated rings. The van der Waals surface area contributed by atoms with Gasteiger partial charge in [-0.05, 0) is 105 Å². The molecule has 0 saturated heterocycles. The number of allylic oxidation sites excluding steroid dienone is 5. The Morgan fingerprint density at radius 2 is 1.18 bits per heavy atom. The van der Waals surface area contributed by atoms with Gasteiger partial charge in [-0.3, -0.25) is 9.05 Å². The van der Waals surface area contributed by atoms with Crippen molar-refractivity contribution in [2.45, 2.75) is 70.8 Å². The van der Waals surface area contributed by atoms with Crippen molar-refractivity contribution in [3.63, 3.8) is 0 Å². The Hall–Kier alpha value is -5.12. The van der Waals surface area contributed by atoms with Gasteiger partial charge in [0.1, 0.15) is 28.6 Å². The summed E-state index contributed by atoms with van der Waals surface area (Å²) in [6.07, 6.45) is 11.5. The van der Waals surface area contributed by atoms with Crippen LogP contribution in [0.3, 0.4) is 0 Å². The highest BCUT2D eigenvalue weighted by Gasteiger charge is 2.44. The molecule has 4 aromatic rings. The maximum absolute atomic E-state index is 14.5. The van der Waals surface area contributed by atoms with Crippen LogP contribution in [0, 0.1) is 0 Å². The zero-order chi connectivity index (χ0) is 43.9. The summed E-state index contributed by atoms with van der Waals surface area (Å²) in [5.74, 6) is -1.72. The third kappa shape index (κ3) is 12.5. The highest BCUT2D eigenvalue weighted by atomic mass is 31.2. The number of hydrogen-bond acceptors (Lipinski definition) is 10. The van der Waals surface area contributed by atoms with Crippen molar-refractivity contribution in [1.29, 1.82) is 0 Å². The summed E-state index contributed by atoms with van der Waals surface area (Å²) >= 11 is 0. The highest BCUT2D eigenvalue weighted by Crippen LogP contribution is 2.58. The van der Waals surface area contributed by atoms with Gasteiger partial charge in [-0.1, -0.05) is 130 Å². The molecule has 0 saturated carbocycles. The molecule has 0 spiro atoms. The average molecular weight is 851 g/mol. The van der Waals surface area contributed by atoms with E-state index in [0.29, 0.717) is 24.0 Å². The van der Waals surface area contributed by atoms with E-state index in [1.165, 1.54) is 36.4 Å². The smallest absolute Gasteiger partial charge is 0.395 e. The molecule has 3 atom stereocenters. The third-order valence-corrected chi connectivity index (χ3v) is 12.5. The minimum atomic E-state index is -4.44. The summed E-state index contributed by atoms with van der Waals surface area (Å²) in [6.45, 7) is 16.7. The SMILES string of the molecule is [B]CC(C)(OP(=O)(Oc1ccccc1)Oc1ccc(C(O)(O)C(/C=C\C(=C)C(CC)(CC)OP(=O)(OC(/C=C\C=C)=C/C)Oc2ccccc2)=C/C)cc1)c1ccccc1. The summed E-state index contributed by atoms with van der Waals surface area (Å²) in [6, 6.07) is 31.7. The lowest BCUT2D eigenvalue weighted by Crippen LogP contribution is -2.33. The maximum atomic E-state index is 14.5. The number of phosphoric acid groups is 2. The van der Waals surface area contributed by atoms with E-state index in [0.717, 1.165) is 0 Å². The van der Waals surface area contributed by atoms with Gasteiger partial charge >= 0.3 is 15.6 Å². The van der Waals surface area contributed by atoms with Gasteiger partial charge in [-0.25, -0.2) is 9.13 Å². The van der Waals surface area contributed by atoms with Crippen LogP contribution in [0.5, 0.6) is 17.2 Å². The zero-order valence-corrected chi connectivity index (χ0v) is 36.5. The van der Waals surface area contributed by atoms with Gasteiger partial charge < -0.3 is 28.3 Å². The first-order valence-corrected chi connectivity index (χ1v) is 22.4. The molecule has 0 heterocycles. The standard InChI is InChI=1S/C47H53BO10P2/c1-8-13-25-41(10-3)53-60(52,55-43-28-21-16-22-29-43)58-46(11-4,12-5)37(6)30-31-38(9-2)47(49,50)40-32-34-44(35-33-40)56-59(51,54-42-26-19-15-20-27-42)57-45(7,36-48)39-23-17-14-18-24-39/h8-10,13-35,49-50H,1,6,11-12,36H2,2-5,7H3/b25-13-,31-30-,38-9+,41-10+. The quantitative estimate of drug-likeness (QED) is 0.0244. The van der Waals surface area contributed by atoms with Gasteiger partial charge in [-0.2, -0.15) is 0 Å². The van der Waals surface area contributed by atoms with Gasteiger partial charge in [0, 0.05) is 11.1 Å². The van der Waals surface area contributed by atoms with Crippen molar-refractivity contribution in [3.05, 3.63) is 199 Å². The van der Waals surface area contributed by atoms with Crippen LogP contribution < -0.4 is 13.6 Å². The summed E-state index contributed by atoms with van der Waals surface area (Å²) in [5, 5.41) is 23.1. The number of aliphatic hydroxyl groups is 2. The summed E-state index contributed by atoms with van der Waals surface area (Å²) in [4.78, 5) is 0. The molecule has 2 radical (unpaired) electrons. The molecule has 0 bridgehead atoms. The van der Waals surface area contributed by atoms with E-state index < -0.39 is 32.6 Å². The van der Waals surface area contributed by atoms with Gasteiger partial charge in [-0.15, -0.1) is 0 Å². The van der Waals surface area contributed by atoms with E-state index in [-0.39, 0.29) is 40.5 Å². The topological polar surface area (TPSA) is 130 Å². The van der Waals surface area contributed by atoms with Crippen LogP contribution in [0.25, 0.3) is 0 Å². The molecule has 60 heavy (non-hydrogen) atoms. The lowest BCUT2D eigenvalue weighted by atomic mass is 9.83. The van der Waals surface area contributed by atoms with Gasteiger partial charge in [0.15, 0.2) is 0 Å². The lowest BCUT2D eigenvalue weighted by molar-refractivity contribution is -0.132. The number of hydrogen-bond donors (Lipinski definition) is 2. The fourth-order valence-corrected chi connectivity index (χ4v) is 9.22. The number of phosphoric ester groups is 2. The maximum Gasteiger partial charge on any atom is 0.588 e. The Morgan fingerprint density at radius 1 is 0.683 bits per heavy atom. The fraction of sp³-hybridized carbons (Fsp3) is 0.234. The van der Waals surface area contributed by atoms with Crippen LogP contribution in [0.2, 0.25) is 6.32 Å². The second kappa shape index (κ2) is 21.4. The van der Waals surface area contributed by atoms with Crippen molar-refractivity contribution >= 4 is 23.5 Å². The first-order chi connectivity index (χ1) is 28.6. The van der Waals surface area contributed by atoms with Crippen molar-refractivity contribution in [1.82, 2.24) is 0 Å². The van der Waals surface area contributed by atoms with Gasteiger partial charge in [0.2, 0.25) is 5.79 Å². The molecule has 0 aromatic heterocycles. The molecule has 10 nitrogen and oxygen atoms in total. The Bertz CT molecular complexity index is 2230.